The largest absolute Gasteiger partial charge is 0.480 e. The molecule has 0 aromatic carbocycles. The second-order valence-corrected chi connectivity index (χ2v) is 6.03. The molecular formula is C10H16F3NO6S. The van der Waals surface area contributed by atoms with Crippen LogP contribution in [0.15, 0.2) is 0 Å². The molecule has 0 heterocycles. The van der Waals surface area contributed by atoms with Gasteiger partial charge in [0.15, 0.2) is 0 Å². The molecule has 0 aromatic rings. The van der Waals surface area contributed by atoms with E-state index in [1.807, 2.05) is 0 Å². The van der Waals surface area contributed by atoms with E-state index in [-0.39, 0.29) is 12.8 Å². The summed E-state index contributed by atoms with van der Waals surface area (Å²) >= 11 is 0. The fourth-order valence-corrected chi connectivity index (χ4v) is 2.63. The minimum Gasteiger partial charge on any atom is -0.480 e. The molecule has 0 amide bonds. The predicted octanol–water partition coefficient (Wildman–Crippen LogP) is 0.655. The van der Waals surface area contributed by atoms with Gasteiger partial charge in [-0.3, -0.25) is 9.59 Å². The molecule has 0 aliphatic carbocycles. The number of rotatable bonds is 9. The normalized spacial score (nSPS) is 13.7. The molecule has 11 heteroatoms. The number of methoxy groups -OCH3 is 1. The average molecular weight is 335 g/mol. The average Bonchev–Trinajstić information content (AvgIpc) is 2.31. The van der Waals surface area contributed by atoms with Gasteiger partial charge < -0.3 is 9.84 Å². The molecule has 0 saturated carbocycles. The smallest absolute Gasteiger partial charge is 0.389 e. The highest BCUT2D eigenvalue weighted by atomic mass is 32.2. The summed E-state index contributed by atoms with van der Waals surface area (Å²) in [7, 11) is -3.10. The highest BCUT2D eigenvalue weighted by Crippen LogP contribution is 2.21. The third-order valence-electron chi connectivity index (χ3n) is 2.36. The van der Waals surface area contributed by atoms with Crippen molar-refractivity contribution in [2.75, 3.05) is 12.9 Å². The number of sulfonamides is 1. The number of nitrogens with one attached hydrogen (secondary N) is 1. The molecule has 0 rings (SSSR count). The van der Waals surface area contributed by atoms with Crippen molar-refractivity contribution in [2.45, 2.75) is 37.9 Å². The number of halogens is 3. The highest BCUT2D eigenvalue weighted by molar-refractivity contribution is 7.89. The van der Waals surface area contributed by atoms with Crippen LogP contribution in [-0.2, 0) is 24.3 Å². The Bertz CT molecular complexity index is 462. The molecule has 0 aromatic heterocycles. The third-order valence-corrected chi connectivity index (χ3v) is 3.83. The molecule has 0 aliphatic rings. The van der Waals surface area contributed by atoms with E-state index >= 15 is 0 Å². The van der Waals surface area contributed by atoms with E-state index in [4.69, 9.17) is 5.11 Å². The molecule has 0 aliphatic heterocycles. The second kappa shape index (κ2) is 8.17. The monoisotopic (exact) mass is 335 g/mol. The van der Waals surface area contributed by atoms with E-state index < -0.39 is 52.8 Å². The quantitative estimate of drug-likeness (QED) is 0.599. The van der Waals surface area contributed by atoms with Gasteiger partial charge >= 0.3 is 18.1 Å². The van der Waals surface area contributed by atoms with Crippen molar-refractivity contribution in [3.8, 4) is 0 Å². The van der Waals surface area contributed by atoms with Gasteiger partial charge in [0.1, 0.15) is 6.04 Å². The molecule has 0 saturated heterocycles. The van der Waals surface area contributed by atoms with E-state index in [1.54, 1.807) is 4.72 Å². The SMILES string of the molecule is COC(=O)CCC(NS(=O)(=O)CCCC(F)(F)F)C(=O)O. The number of aliphatic carboxylic acids is 1. The summed E-state index contributed by atoms with van der Waals surface area (Å²) in [5, 5.41) is 8.82. The highest BCUT2D eigenvalue weighted by Gasteiger charge is 2.29. The minimum absolute atomic E-state index is 0.335. The molecule has 1 atom stereocenters. The van der Waals surface area contributed by atoms with Crippen molar-refractivity contribution in [3.05, 3.63) is 0 Å². The van der Waals surface area contributed by atoms with Gasteiger partial charge in [-0.1, -0.05) is 0 Å². The second-order valence-electron chi connectivity index (χ2n) is 4.16. The van der Waals surface area contributed by atoms with E-state index in [9.17, 15) is 31.2 Å². The Morgan fingerprint density at radius 1 is 1.33 bits per heavy atom. The van der Waals surface area contributed by atoms with Gasteiger partial charge in [0.25, 0.3) is 0 Å². The van der Waals surface area contributed by atoms with Crippen LogP contribution in [0.4, 0.5) is 13.2 Å². The minimum atomic E-state index is -4.48. The first kappa shape index (κ1) is 19.6. The first-order chi connectivity index (χ1) is 9.47. The van der Waals surface area contributed by atoms with E-state index in [1.165, 1.54) is 0 Å². The molecule has 7 nitrogen and oxygen atoms in total. The fraction of sp³-hybridized carbons (Fsp3) is 0.800. The zero-order valence-corrected chi connectivity index (χ0v) is 12.0. The summed E-state index contributed by atoms with van der Waals surface area (Å²) in [5.41, 5.74) is 0. The number of hydrogen-bond acceptors (Lipinski definition) is 5. The predicted molar refractivity (Wildman–Crippen MR) is 64.9 cm³/mol. The summed E-state index contributed by atoms with van der Waals surface area (Å²) in [6.45, 7) is 0. The fourth-order valence-electron chi connectivity index (χ4n) is 1.34. The molecule has 0 bridgehead atoms. The van der Waals surface area contributed by atoms with E-state index in [0.717, 1.165) is 7.11 Å². The van der Waals surface area contributed by atoms with Crippen LogP contribution in [0.25, 0.3) is 0 Å². The van der Waals surface area contributed by atoms with Crippen molar-refractivity contribution in [2.24, 2.45) is 0 Å². The molecule has 0 fully saturated rings. The first-order valence-corrected chi connectivity index (χ1v) is 7.48. The number of carboxylic acid groups (broad SMARTS) is 1. The van der Waals surface area contributed by atoms with Crippen LogP contribution in [0.3, 0.4) is 0 Å². The summed E-state index contributed by atoms with van der Waals surface area (Å²) in [5.74, 6) is -3.11. The number of carbonyl (C=O) groups excluding carboxylic acids is 1. The Morgan fingerprint density at radius 2 is 1.90 bits per heavy atom. The lowest BCUT2D eigenvalue weighted by Crippen LogP contribution is -2.42. The number of esters is 1. The van der Waals surface area contributed by atoms with Crippen LogP contribution < -0.4 is 4.72 Å². The zero-order chi connectivity index (χ0) is 16.7. The summed E-state index contributed by atoms with van der Waals surface area (Å²) < 4.78 is 64.7. The van der Waals surface area contributed by atoms with Gasteiger partial charge in [-0.25, -0.2) is 13.1 Å². The number of alkyl halides is 3. The molecule has 2 N–H and O–H groups in total. The molecule has 124 valence electrons. The summed E-state index contributed by atoms with van der Waals surface area (Å²) in [6.07, 6.45) is -7.14. The maximum Gasteiger partial charge on any atom is 0.389 e. The maximum atomic E-state index is 11.9. The number of carbonyl (C=O) groups is 2. The summed E-state index contributed by atoms with van der Waals surface area (Å²) in [6, 6.07) is -1.60. The lowest BCUT2D eigenvalue weighted by molar-refractivity contribution is -0.142. The van der Waals surface area contributed by atoms with Crippen LogP contribution in [0.2, 0.25) is 0 Å². The standard InChI is InChI=1S/C10H16F3NO6S/c1-20-8(15)4-3-7(9(16)17)14-21(18,19)6-2-5-10(11,12)13/h7,14H,2-6H2,1H3,(H,16,17). The van der Waals surface area contributed by atoms with Crippen molar-refractivity contribution in [1.82, 2.24) is 4.72 Å². The van der Waals surface area contributed by atoms with Gasteiger partial charge in [-0.15, -0.1) is 0 Å². The van der Waals surface area contributed by atoms with Crippen molar-refractivity contribution in [1.29, 1.82) is 0 Å². The molecular weight excluding hydrogens is 319 g/mol. The topological polar surface area (TPSA) is 110 Å². The lowest BCUT2D eigenvalue weighted by Gasteiger charge is -2.14. The van der Waals surface area contributed by atoms with Crippen molar-refractivity contribution in [3.63, 3.8) is 0 Å². The Hall–Kier alpha value is -1.36. The van der Waals surface area contributed by atoms with Crippen LogP contribution in [0.1, 0.15) is 25.7 Å². The zero-order valence-electron chi connectivity index (χ0n) is 11.1. The van der Waals surface area contributed by atoms with Crippen LogP contribution in [0.5, 0.6) is 0 Å². The third kappa shape index (κ3) is 10.1. The van der Waals surface area contributed by atoms with E-state index in [0.29, 0.717) is 0 Å². The Morgan fingerprint density at radius 3 is 2.33 bits per heavy atom. The Balaban J connectivity index is 4.48. The van der Waals surface area contributed by atoms with Gasteiger partial charge in [-0.2, -0.15) is 13.2 Å². The van der Waals surface area contributed by atoms with Gasteiger partial charge in [0.2, 0.25) is 10.0 Å². The van der Waals surface area contributed by atoms with Gasteiger partial charge in [0.05, 0.1) is 12.9 Å². The summed E-state index contributed by atoms with van der Waals surface area (Å²) in [4.78, 5) is 21.7. The van der Waals surface area contributed by atoms with Crippen LogP contribution >= 0.6 is 0 Å². The number of hydrogen-bond donors (Lipinski definition) is 2. The molecule has 21 heavy (non-hydrogen) atoms. The molecule has 1 unspecified atom stereocenters. The van der Waals surface area contributed by atoms with Crippen molar-refractivity contribution >= 4 is 22.0 Å². The first-order valence-electron chi connectivity index (χ1n) is 5.83. The van der Waals surface area contributed by atoms with Gasteiger partial charge in [0, 0.05) is 12.8 Å². The molecule has 0 spiro atoms. The molecule has 0 radical (unpaired) electrons. The van der Waals surface area contributed by atoms with Gasteiger partial charge in [-0.05, 0) is 12.8 Å². The van der Waals surface area contributed by atoms with Crippen LogP contribution in [-0.4, -0.2) is 50.5 Å². The Labute approximate surface area is 119 Å². The number of carboxylic acids is 1. The number of ether oxygens (including phenoxy) is 1. The van der Waals surface area contributed by atoms with E-state index in [2.05, 4.69) is 4.74 Å². The Kier molecular flexibility index (Phi) is 7.64. The lowest BCUT2D eigenvalue weighted by atomic mass is 10.2. The van der Waals surface area contributed by atoms with Crippen LogP contribution in [0, 0.1) is 0 Å². The maximum absolute atomic E-state index is 11.9. The van der Waals surface area contributed by atoms with Crippen molar-refractivity contribution < 1.29 is 41.0 Å².